The van der Waals surface area contributed by atoms with Crippen LogP contribution in [0.5, 0.6) is 0 Å². The average Bonchev–Trinajstić information content (AvgIpc) is 2.26. The van der Waals surface area contributed by atoms with Gasteiger partial charge in [-0.05, 0) is 37.0 Å². The number of benzene rings is 1. The van der Waals surface area contributed by atoms with E-state index in [0.717, 1.165) is 24.4 Å². The van der Waals surface area contributed by atoms with Gasteiger partial charge in [0.05, 0.1) is 5.56 Å². The van der Waals surface area contributed by atoms with Crippen LogP contribution in [-0.2, 0) is 0 Å². The lowest BCUT2D eigenvalue weighted by Crippen LogP contribution is -2.34. The molecule has 0 bridgehead atoms. The maximum absolute atomic E-state index is 11.7. The molecule has 0 aliphatic heterocycles. The summed E-state index contributed by atoms with van der Waals surface area (Å²) in [5.41, 5.74) is 7.92. The molecule has 4 N–H and O–H groups in total. The first-order valence-corrected chi connectivity index (χ1v) is 5.98. The van der Waals surface area contributed by atoms with Gasteiger partial charge in [0.25, 0.3) is 5.91 Å². The number of carbonyl (C=O) groups excluding carboxylic acids is 1. The van der Waals surface area contributed by atoms with E-state index in [9.17, 15) is 4.79 Å². The second-order valence-electron chi connectivity index (χ2n) is 4.80. The van der Waals surface area contributed by atoms with Gasteiger partial charge >= 0.3 is 0 Å². The first kappa shape index (κ1) is 11.8. The number of anilines is 2. The van der Waals surface area contributed by atoms with Gasteiger partial charge < -0.3 is 16.4 Å². The molecular weight excluding hydrogens is 214 g/mol. The molecule has 0 atom stereocenters. The number of hydrogen-bond donors (Lipinski definition) is 3. The first-order valence-electron chi connectivity index (χ1n) is 5.98. The van der Waals surface area contributed by atoms with Crippen LogP contribution in [0.3, 0.4) is 0 Å². The number of hydrogen-bond acceptors (Lipinski definition) is 3. The maximum atomic E-state index is 11.7. The zero-order chi connectivity index (χ0) is 12.4. The van der Waals surface area contributed by atoms with E-state index in [1.54, 1.807) is 19.2 Å². The van der Waals surface area contributed by atoms with Crippen molar-refractivity contribution < 1.29 is 4.79 Å². The van der Waals surface area contributed by atoms with Crippen LogP contribution in [-0.4, -0.2) is 19.0 Å². The molecule has 4 heteroatoms. The summed E-state index contributed by atoms with van der Waals surface area (Å²) in [6, 6.07) is 5.81. The van der Waals surface area contributed by atoms with Crippen molar-refractivity contribution in [1.29, 1.82) is 0 Å². The monoisotopic (exact) mass is 233 g/mol. The SMILES string of the molecule is CNC(=O)c1ccc(N)cc1NC1CC(C)C1. The third kappa shape index (κ3) is 2.52. The van der Waals surface area contributed by atoms with Gasteiger partial charge in [0.1, 0.15) is 0 Å². The molecule has 0 heterocycles. The molecule has 0 aromatic heterocycles. The molecule has 92 valence electrons. The highest BCUT2D eigenvalue weighted by Gasteiger charge is 2.26. The van der Waals surface area contributed by atoms with E-state index in [-0.39, 0.29) is 5.91 Å². The van der Waals surface area contributed by atoms with E-state index in [2.05, 4.69) is 17.6 Å². The molecule has 1 aliphatic carbocycles. The topological polar surface area (TPSA) is 67.2 Å². The van der Waals surface area contributed by atoms with Crippen molar-refractivity contribution >= 4 is 17.3 Å². The summed E-state index contributed by atoms with van der Waals surface area (Å²) in [5.74, 6) is 0.692. The Morgan fingerprint density at radius 1 is 1.41 bits per heavy atom. The average molecular weight is 233 g/mol. The molecule has 1 fully saturated rings. The largest absolute Gasteiger partial charge is 0.399 e. The van der Waals surface area contributed by atoms with Gasteiger partial charge in [0.2, 0.25) is 0 Å². The Hall–Kier alpha value is -1.71. The van der Waals surface area contributed by atoms with Crippen molar-refractivity contribution in [2.24, 2.45) is 5.92 Å². The number of nitrogen functional groups attached to an aromatic ring is 1. The van der Waals surface area contributed by atoms with Crippen LogP contribution in [0.15, 0.2) is 18.2 Å². The fourth-order valence-electron chi connectivity index (χ4n) is 2.25. The summed E-state index contributed by atoms with van der Waals surface area (Å²) in [7, 11) is 1.63. The lowest BCUT2D eigenvalue weighted by molar-refractivity contribution is 0.0964. The van der Waals surface area contributed by atoms with Crippen molar-refractivity contribution in [3.8, 4) is 0 Å². The molecule has 0 saturated heterocycles. The standard InChI is InChI=1S/C13H19N3O/c1-8-5-10(6-8)16-12-7-9(14)3-4-11(12)13(17)15-2/h3-4,7-8,10,16H,5-6,14H2,1-2H3,(H,15,17). The minimum atomic E-state index is -0.0835. The van der Waals surface area contributed by atoms with E-state index < -0.39 is 0 Å². The molecular formula is C13H19N3O. The second-order valence-corrected chi connectivity index (χ2v) is 4.80. The van der Waals surface area contributed by atoms with Crippen LogP contribution in [0.4, 0.5) is 11.4 Å². The number of nitrogens with two attached hydrogens (primary N) is 1. The molecule has 2 rings (SSSR count). The van der Waals surface area contributed by atoms with Crippen LogP contribution in [0.25, 0.3) is 0 Å². The third-order valence-corrected chi connectivity index (χ3v) is 3.25. The molecule has 0 spiro atoms. The summed E-state index contributed by atoms with van der Waals surface area (Å²) in [5, 5.41) is 6.03. The van der Waals surface area contributed by atoms with Crippen molar-refractivity contribution in [3.63, 3.8) is 0 Å². The molecule has 1 aromatic carbocycles. The highest BCUT2D eigenvalue weighted by atomic mass is 16.1. The lowest BCUT2D eigenvalue weighted by Gasteiger charge is -2.34. The number of rotatable bonds is 3. The fourth-order valence-corrected chi connectivity index (χ4v) is 2.25. The number of amides is 1. The predicted octanol–water partition coefficient (Wildman–Crippen LogP) is 1.84. The molecule has 0 radical (unpaired) electrons. The van der Waals surface area contributed by atoms with E-state index in [1.165, 1.54) is 0 Å². The van der Waals surface area contributed by atoms with Crippen LogP contribution in [0.1, 0.15) is 30.1 Å². The smallest absolute Gasteiger partial charge is 0.253 e. The maximum Gasteiger partial charge on any atom is 0.253 e. The molecule has 1 aromatic rings. The predicted molar refractivity (Wildman–Crippen MR) is 70.1 cm³/mol. The lowest BCUT2D eigenvalue weighted by atomic mass is 9.81. The normalized spacial score (nSPS) is 22.7. The van der Waals surface area contributed by atoms with Crippen molar-refractivity contribution in [1.82, 2.24) is 5.32 Å². The fraction of sp³-hybridized carbons (Fsp3) is 0.462. The van der Waals surface area contributed by atoms with E-state index in [4.69, 9.17) is 5.73 Å². The van der Waals surface area contributed by atoms with Crippen molar-refractivity contribution in [2.75, 3.05) is 18.1 Å². The zero-order valence-electron chi connectivity index (χ0n) is 10.3. The Kier molecular flexibility index (Phi) is 3.22. The third-order valence-electron chi connectivity index (χ3n) is 3.25. The quantitative estimate of drug-likeness (QED) is 0.698. The van der Waals surface area contributed by atoms with E-state index >= 15 is 0 Å². The van der Waals surface area contributed by atoms with Crippen LogP contribution >= 0.6 is 0 Å². The highest BCUT2D eigenvalue weighted by molar-refractivity contribution is 6.00. The Labute approximate surface area is 102 Å². The molecule has 1 saturated carbocycles. The number of nitrogens with one attached hydrogen (secondary N) is 2. The van der Waals surface area contributed by atoms with Gasteiger partial charge in [-0.15, -0.1) is 0 Å². The first-order chi connectivity index (χ1) is 8.10. The Bertz CT molecular complexity index is 425. The van der Waals surface area contributed by atoms with Crippen molar-refractivity contribution in [3.05, 3.63) is 23.8 Å². The zero-order valence-corrected chi connectivity index (χ0v) is 10.3. The molecule has 1 aliphatic rings. The van der Waals surface area contributed by atoms with Gasteiger partial charge in [0.15, 0.2) is 0 Å². The Balaban J connectivity index is 2.18. The van der Waals surface area contributed by atoms with Gasteiger partial charge in [-0.25, -0.2) is 0 Å². The molecule has 17 heavy (non-hydrogen) atoms. The van der Waals surface area contributed by atoms with Crippen LogP contribution < -0.4 is 16.4 Å². The van der Waals surface area contributed by atoms with Gasteiger partial charge in [-0.1, -0.05) is 6.92 Å². The Morgan fingerprint density at radius 2 is 2.12 bits per heavy atom. The number of carbonyl (C=O) groups is 1. The van der Waals surface area contributed by atoms with Gasteiger partial charge in [-0.3, -0.25) is 4.79 Å². The van der Waals surface area contributed by atoms with Crippen molar-refractivity contribution in [2.45, 2.75) is 25.8 Å². The van der Waals surface area contributed by atoms with E-state index in [0.29, 0.717) is 17.3 Å². The van der Waals surface area contributed by atoms with Crippen LogP contribution in [0, 0.1) is 5.92 Å². The summed E-state index contributed by atoms with van der Waals surface area (Å²) in [6.07, 6.45) is 2.31. The summed E-state index contributed by atoms with van der Waals surface area (Å²) < 4.78 is 0. The highest BCUT2D eigenvalue weighted by Crippen LogP contribution is 2.31. The minimum absolute atomic E-state index is 0.0835. The molecule has 0 unspecified atom stereocenters. The van der Waals surface area contributed by atoms with Gasteiger partial charge in [0, 0.05) is 24.5 Å². The molecule has 1 amide bonds. The summed E-state index contributed by atoms with van der Waals surface area (Å²) in [4.78, 5) is 11.7. The summed E-state index contributed by atoms with van der Waals surface area (Å²) in [6.45, 7) is 2.23. The van der Waals surface area contributed by atoms with E-state index in [1.807, 2.05) is 6.07 Å². The summed E-state index contributed by atoms with van der Waals surface area (Å²) >= 11 is 0. The van der Waals surface area contributed by atoms with Crippen LogP contribution in [0.2, 0.25) is 0 Å². The van der Waals surface area contributed by atoms with Gasteiger partial charge in [-0.2, -0.15) is 0 Å². The minimum Gasteiger partial charge on any atom is -0.399 e. The second kappa shape index (κ2) is 4.65. The Morgan fingerprint density at radius 3 is 2.71 bits per heavy atom. The molecule has 4 nitrogen and oxygen atoms in total.